The molecule has 0 aromatic heterocycles. The lowest BCUT2D eigenvalue weighted by molar-refractivity contribution is -0.733. The fourth-order valence-corrected chi connectivity index (χ4v) is 6.07. The summed E-state index contributed by atoms with van der Waals surface area (Å²) >= 11 is 6.16. The highest BCUT2D eigenvalue weighted by molar-refractivity contribution is 6.31. The number of rotatable bonds is 3. The molecule has 0 saturated carbocycles. The first-order valence-electron chi connectivity index (χ1n) is 11.1. The van der Waals surface area contributed by atoms with Gasteiger partial charge in [-0.2, -0.15) is 0 Å². The predicted molar refractivity (Wildman–Crippen MR) is 125 cm³/mol. The molecule has 4 atom stereocenters. The number of para-hydroxylation sites is 1. The zero-order valence-corrected chi connectivity index (χ0v) is 18.7. The van der Waals surface area contributed by atoms with Crippen LogP contribution in [0.2, 0.25) is 5.02 Å². The molecule has 3 heterocycles. The normalized spacial score (nSPS) is 27.3. The number of benzene rings is 3. The number of nitrogens with one attached hydrogen (secondary N) is 1. The van der Waals surface area contributed by atoms with Gasteiger partial charge in [-0.25, -0.2) is 4.90 Å². The van der Waals surface area contributed by atoms with Gasteiger partial charge >= 0.3 is 0 Å². The molecule has 0 bridgehead atoms. The summed E-state index contributed by atoms with van der Waals surface area (Å²) in [4.78, 5) is 42.4. The standard InChI is InChI=1S/C26H20ClN3O4/c27-15-4-3-5-16(13-15)30-23(32)21-20(12-14-8-10-17(31)11-9-14)29-26(22(21)24(30)33)18-6-1-2-7-19(18)28-25(26)34/h1-11,13,20-22,29,31H,12H2,(H,28,34)/p+1/t20-,21+,22-,26-/m0/s1. The second kappa shape index (κ2) is 7.41. The predicted octanol–water partition coefficient (Wildman–Crippen LogP) is 2.19. The van der Waals surface area contributed by atoms with Crippen molar-refractivity contribution in [2.45, 2.75) is 18.0 Å². The highest BCUT2D eigenvalue weighted by atomic mass is 35.5. The summed E-state index contributed by atoms with van der Waals surface area (Å²) in [5.74, 6) is -2.41. The maximum absolute atomic E-state index is 13.9. The average Bonchev–Trinajstić information content (AvgIpc) is 3.40. The van der Waals surface area contributed by atoms with E-state index in [1.807, 2.05) is 29.6 Å². The van der Waals surface area contributed by atoms with E-state index in [0.29, 0.717) is 22.8 Å². The van der Waals surface area contributed by atoms with Crippen molar-refractivity contribution < 1.29 is 24.8 Å². The van der Waals surface area contributed by atoms with Crippen molar-refractivity contribution in [3.63, 3.8) is 0 Å². The van der Waals surface area contributed by atoms with Crippen molar-refractivity contribution in [1.82, 2.24) is 0 Å². The Balaban J connectivity index is 1.49. The Bertz CT molecular complexity index is 1360. The third-order valence-corrected chi connectivity index (χ3v) is 7.49. The van der Waals surface area contributed by atoms with E-state index in [0.717, 1.165) is 11.1 Å². The Kier molecular flexibility index (Phi) is 4.56. The van der Waals surface area contributed by atoms with Crippen molar-refractivity contribution in [1.29, 1.82) is 0 Å². The van der Waals surface area contributed by atoms with Gasteiger partial charge < -0.3 is 15.7 Å². The van der Waals surface area contributed by atoms with Crippen molar-refractivity contribution in [3.05, 3.63) is 88.9 Å². The number of quaternary nitrogens is 1. The van der Waals surface area contributed by atoms with Crippen LogP contribution >= 0.6 is 11.6 Å². The van der Waals surface area contributed by atoms with E-state index >= 15 is 0 Å². The van der Waals surface area contributed by atoms with Crippen molar-refractivity contribution in [2.24, 2.45) is 11.8 Å². The Morgan fingerprint density at radius 1 is 0.971 bits per heavy atom. The Morgan fingerprint density at radius 3 is 2.50 bits per heavy atom. The second-order valence-corrected chi connectivity index (χ2v) is 9.50. The molecule has 0 radical (unpaired) electrons. The third-order valence-electron chi connectivity index (χ3n) is 7.25. The fourth-order valence-electron chi connectivity index (χ4n) is 5.88. The molecule has 34 heavy (non-hydrogen) atoms. The number of nitrogens with two attached hydrogens (primary N) is 1. The second-order valence-electron chi connectivity index (χ2n) is 9.07. The van der Waals surface area contributed by atoms with E-state index in [2.05, 4.69) is 5.32 Å². The first kappa shape index (κ1) is 20.9. The molecular weight excluding hydrogens is 454 g/mol. The topological polar surface area (TPSA) is 103 Å². The fraction of sp³-hybridized carbons (Fsp3) is 0.192. The molecule has 1 spiro atoms. The molecule has 8 heteroatoms. The molecule has 3 aromatic rings. The van der Waals surface area contributed by atoms with Gasteiger partial charge in [0.1, 0.15) is 23.6 Å². The highest BCUT2D eigenvalue weighted by Crippen LogP contribution is 2.50. The van der Waals surface area contributed by atoms with Crippen LogP contribution in [0.25, 0.3) is 0 Å². The number of carbonyl (C=O) groups is 3. The number of fused-ring (bicyclic) bond motifs is 4. The first-order chi connectivity index (χ1) is 16.4. The van der Waals surface area contributed by atoms with E-state index in [1.54, 1.807) is 48.5 Å². The first-order valence-corrected chi connectivity index (χ1v) is 11.5. The number of hydrogen-bond acceptors (Lipinski definition) is 4. The van der Waals surface area contributed by atoms with Crippen LogP contribution in [0.5, 0.6) is 5.75 Å². The molecule has 3 aliphatic heterocycles. The number of aromatic hydroxyl groups is 1. The van der Waals surface area contributed by atoms with Gasteiger partial charge in [0.05, 0.1) is 11.4 Å². The highest BCUT2D eigenvalue weighted by Gasteiger charge is 2.74. The smallest absolute Gasteiger partial charge is 0.291 e. The number of phenols is 1. The van der Waals surface area contributed by atoms with Gasteiger partial charge in [-0.05, 0) is 42.0 Å². The molecule has 4 N–H and O–H groups in total. The number of carbonyl (C=O) groups excluding carboxylic acids is 3. The minimum Gasteiger partial charge on any atom is -0.508 e. The van der Waals surface area contributed by atoms with Gasteiger partial charge in [-0.1, -0.05) is 48.0 Å². The minimum absolute atomic E-state index is 0.150. The Morgan fingerprint density at radius 2 is 1.74 bits per heavy atom. The monoisotopic (exact) mass is 474 g/mol. The molecular formula is C26H21ClN3O4+. The van der Waals surface area contributed by atoms with Gasteiger partial charge in [-0.15, -0.1) is 0 Å². The van der Waals surface area contributed by atoms with Crippen molar-refractivity contribution in [3.8, 4) is 5.75 Å². The third kappa shape index (κ3) is 2.84. The van der Waals surface area contributed by atoms with Gasteiger partial charge in [0.2, 0.25) is 17.4 Å². The van der Waals surface area contributed by atoms with Gasteiger partial charge in [0.25, 0.3) is 5.91 Å². The number of imide groups is 1. The van der Waals surface area contributed by atoms with Crippen molar-refractivity contribution in [2.75, 3.05) is 10.2 Å². The van der Waals surface area contributed by atoms with Gasteiger partial charge in [-0.3, -0.25) is 14.4 Å². The summed E-state index contributed by atoms with van der Waals surface area (Å²) in [6, 6.07) is 20.4. The summed E-state index contributed by atoms with van der Waals surface area (Å²) in [6.45, 7) is 0. The number of phenolic OH excluding ortho intramolecular Hbond substituents is 1. The number of anilines is 2. The van der Waals surface area contributed by atoms with Crippen LogP contribution in [-0.2, 0) is 26.3 Å². The van der Waals surface area contributed by atoms with Gasteiger partial charge in [0.15, 0.2) is 0 Å². The summed E-state index contributed by atoms with van der Waals surface area (Å²) in [7, 11) is 0. The maximum Gasteiger partial charge on any atom is 0.291 e. The zero-order valence-electron chi connectivity index (χ0n) is 17.9. The molecule has 3 aliphatic rings. The SMILES string of the molecule is O=C1[C@@H]2[C@H](Cc3ccc(O)cc3)[NH2+][C@]3(C(=O)Nc4ccccc43)[C@@H]2C(=O)N1c1cccc(Cl)c1. The maximum atomic E-state index is 13.9. The molecule has 3 amide bonds. The van der Waals surface area contributed by atoms with Crippen LogP contribution < -0.4 is 15.5 Å². The molecule has 170 valence electrons. The average molecular weight is 475 g/mol. The van der Waals surface area contributed by atoms with E-state index in [1.165, 1.54) is 4.90 Å². The molecule has 2 fully saturated rings. The van der Waals surface area contributed by atoms with Crippen LogP contribution in [0.15, 0.2) is 72.8 Å². The van der Waals surface area contributed by atoms with E-state index in [-0.39, 0.29) is 23.6 Å². The Labute approximate surface area is 200 Å². The van der Waals surface area contributed by atoms with Gasteiger partial charge in [0, 0.05) is 17.0 Å². The lowest BCUT2D eigenvalue weighted by atomic mass is 9.76. The summed E-state index contributed by atoms with van der Waals surface area (Å²) < 4.78 is 0. The van der Waals surface area contributed by atoms with Crippen LogP contribution in [0.1, 0.15) is 11.1 Å². The van der Waals surface area contributed by atoms with Crippen LogP contribution in [0.4, 0.5) is 11.4 Å². The number of hydrogen-bond donors (Lipinski definition) is 3. The minimum atomic E-state index is -1.23. The van der Waals surface area contributed by atoms with Crippen LogP contribution in [0.3, 0.4) is 0 Å². The lowest BCUT2D eigenvalue weighted by Crippen LogP contribution is -2.99. The van der Waals surface area contributed by atoms with Crippen LogP contribution in [0, 0.1) is 11.8 Å². The van der Waals surface area contributed by atoms with E-state index < -0.39 is 23.3 Å². The summed E-state index contributed by atoms with van der Waals surface area (Å²) in [5.41, 5.74) is 1.46. The summed E-state index contributed by atoms with van der Waals surface area (Å²) in [6.07, 6.45) is 0.459. The largest absolute Gasteiger partial charge is 0.508 e. The number of amides is 3. The molecule has 0 aliphatic carbocycles. The molecule has 6 rings (SSSR count). The number of nitrogens with zero attached hydrogens (tertiary/aromatic N) is 1. The number of halogens is 1. The van der Waals surface area contributed by atoms with E-state index in [4.69, 9.17) is 11.6 Å². The molecule has 7 nitrogen and oxygen atoms in total. The van der Waals surface area contributed by atoms with Crippen LogP contribution in [-0.4, -0.2) is 28.9 Å². The van der Waals surface area contributed by atoms with Crippen molar-refractivity contribution >= 4 is 40.7 Å². The Hall–Kier alpha value is -3.68. The molecule has 0 unspecified atom stereocenters. The zero-order chi connectivity index (χ0) is 23.6. The molecule has 3 aromatic carbocycles. The summed E-state index contributed by atoms with van der Waals surface area (Å²) in [5, 5.41) is 14.9. The quantitative estimate of drug-likeness (QED) is 0.506. The molecule has 2 saturated heterocycles. The lowest BCUT2D eigenvalue weighted by Gasteiger charge is -2.26. The van der Waals surface area contributed by atoms with E-state index in [9.17, 15) is 19.5 Å².